The van der Waals surface area contributed by atoms with Gasteiger partial charge in [-0.1, -0.05) is 26.0 Å². The molecule has 2 fully saturated rings. The Morgan fingerprint density at radius 2 is 2.07 bits per heavy atom. The number of esters is 1. The van der Waals surface area contributed by atoms with E-state index in [9.17, 15) is 9.59 Å². The summed E-state index contributed by atoms with van der Waals surface area (Å²) in [5.74, 6) is -1.78. The largest absolute Gasteiger partial charge is 0.432 e. The lowest BCUT2D eigenvalue weighted by molar-refractivity contribution is -0.163. The van der Waals surface area contributed by atoms with E-state index in [2.05, 4.69) is 37.5 Å². The molecular weight excluding hydrogens is 358 g/mol. The molecule has 3 heterocycles. The van der Waals surface area contributed by atoms with Gasteiger partial charge in [0.25, 0.3) is 0 Å². The molecule has 28 heavy (non-hydrogen) atoms. The summed E-state index contributed by atoms with van der Waals surface area (Å²) >= 11 is 0. The highest BCUT2D eigenvalue weighted by Crippen LogP contribution is 2.33. The second-order valence-corrected chi connectivity index (χ2v) is 8.99. The standard InChI is InChI=1S/C21H33N3O4/c1-14(2)12-15(17-19(26)28-20(3,4)27-17)18(25)24-11-10-22-13-16(24)21(5)8-6-7-9-23-21/h6-9,14-17,22-23H,10-13H2,1-5H3/t15-,16-,17-,21?/m0/s1. The number of ether oxygens (including phenoxy) is 2. The van der Waals surface area contributed by atoms with E-state index in [1.807, 2.05) is 23.3 Å². The molecule has 3 aliphatic heterocycles. The first-order valence-corrected chi connectivity index (χ1v) is 10.2. The first-order chi connectivity index (χ1) is 13.1. The van der Waals surface area contributed by atoms with Crippen LogP contribution in [0.15, 0.2) is 24.4 Å². The maximum atomic E-state index is 13.7. The number of hydrogen-bond acceptors (Lipinski definition) is 6. The zero-order valence-corrected chi connectivity index (χ0v) is 17.5. The van der Waals surface area contributed by atoms with Crippen LogP contribution in [0.5, 0.6) is 0 Å². The van der Waals surface area contributed by atoms with E-state index >= 15 is 0 Å². The molecule has 0 aliphatic carbocycles. The van der Waals surface area contributed by atoms with Crippen LogP contribution in [0.3, 0.4) is 0 Å². The summed E-state index contributed by atoms with van der Waals surface area (Å²) in [4.78, 5) is 28.1. The van der Waals surface area contributed by atoms with Gasteiger partial charge in [0.2, 0.25) is 11.7 Å². The molecule has 2 saturated heterocycles. The number of carbonyl (C=O) groups excluding carboxylic acids is 2. The van der Waals surface area contributed by atoms with Gasteiger partial charge in [-0.3, -0.25) is 4.79 Å². The van der Waals surface area contributed by atoms with E-state index in [4.69, 9.17) is 9.47 Å². The van der Waals surface area contributed by atoms with Gasteiger partial charge in [-0.05, 0) is 31.5 Å². The van der Waals surface area contributed by atoms with Crippen LogP contribution >= 0.6 is 0 Å². The number of hydrogen-bond donors (Lipinski definition) is 2. The first-order valence-electron chi connectivity index (χ1n) is 10.2. The lowest BCUT2D eigenvalue weighted by Gasteiger charge is -2.47. The molecule has 2 N–H and O–H groups in total. The normalized spacial score (nSPS) is 32.9. The molecule has 1 unspecified atom stereocenters. The highest BCUT2D eigenvalue weighted by atomic mass is 16.8. The average molecular weight is 392 g/mol. The summed E-state index contributed by atoms with van der Waals surface area (Å²) in [7, 11) is 0. The Labute approximate surface area is 167 Å². The van der Waals surface area contributed by atoms with Crippen molar-refractivity contribution in [1.82, 2.24) is 15.5 Å². The van der Waals surface area contributed by atoms with Crippen LogP contribution in [0.25, 0.3) is 0 Å². The SMILES string of the molecule is CC(C)C[C@H](C(=O)N1CCNC[C@H]1C1(C)C=CC=CN1)[C@@H]1OC(C)(C)OC1=O. The fraction of sp³-hybridized carbons (Fsp3) is 0.714. The molecule has 0 aromatic heterocycles. The minimum atomic E-state index is -0.995. The van der Waals surface area contributed by atoms with Crippen molar-refractivity contribution in [3.63, 3.8) is 0 Å². The zero-order valence-electron chi connectivity index (χ0n) is 17.5. The van der Waals surface area contributed by atoms with Gasteiger partial charge >= 0.3 is 5.97 Å². The van der Waals surface area contributed by atoms with Crippen LogP contribution in [0.2, 0.25) is 0 Å². The third kappa shape index (κ3) is 4.25. The van der Waals surface area contributed by atoms with Gasteiger partial charge in [0.1, 0.15) is 0 Å². The van der Waals surface area contributed by atoms with E-state index in [1.165, 1.54) is 0 Å². The van der Waals surface area contributed by atoms with Gasteiger partial charge in [-0.2, -0.15) is 0 Å². The summed E-state index contributed by atoms with van der Waals surface area (Å²) in [6.07, 6.45) is 7.65. The molecule has 0 bridgehead atoms. The van der Waals surface area contributed by atoms with Crippen LogP contribution < -0.4 is 10.6 Å². The number of piperazine rings is 1. The quantitative estimate of drug-likeness (QED) is 0.693. The molecule has 0 radical (unpaired) electrons. The van der Waals surface area contributed by atoms with E-state index in [0.717, 1.165) is 6.54 Å². The van der Waals surface area contributed by atoms with Crippen molar-refractivity contribution in [3.05, 3.63) is 24.4 Å². The van der Waals surface area contributed by atoms with Gasteiger partial charge in [0.15, 0.2) is 6.10 Å². The molecule has 3 rings (SSSR count). The van der Waals surface area contributed by atoms with Crippen molar-refractivity contribution in [2.24, 2.45) is 11.8 Å². The minimum absolute atomic E-state index is 0.0363. The molecule has 0 aromatic rings. The molecule has 0 aromatic carbocycles. The van der Waals surface area contributed by atoms with Crippen LogP contribution in [-0.4, -0.2) is 59.9 Å². The fourth-order valence-electron chi connectivity index (χ4n) is 4.30. The molecule has 4 atom stereocenters. The Bertz CT molecular complexity index is 673. The Hall–Kier alpha value is -1.86. The lowest BCUT2D eigenvalue weighted by Crippen LogP contribution is -2.67. The number of nitrogens with one attached hydrogen (secondary N) is 2. The number of rotatable bonds is 5. The Balaban J connectivity index is 1.87. The van der Waals surface area contributed by atoms with Crippen molar-refractivity contribution in [1.29, 1.82) is 0 Å². The molecule has 7 heteroatoms. The molecule has 0 saturated carbocycles. The molecular formula is C21H33N3O4. The predicted molar refractivity (Wildman–Crippen MR) is 106 cm³/mol. The van der Waals surface area contributed by atoms with Crippen molar-refractivity contribution >= 4 is 11.9 Å². The van der Waals surface area contributed by atoms with Crippen LogP contribution in [0.4, 0.5) is 0 Å². The Morgan fingerprint density at radius 1 is 1.32 bits per heavy atom. The molecule has 0 spiro atoms. The molecule has 1 amide bonds. The number of carbonyl (C=O) groups is 2. The first kappa shape index (κ1) is 20.9. The predicted octanol–water partition coefficient (Wildman–Crippen LogP) is 1.56. The summed E-state index contributed by atoms with van der Waals surface area (Å²) in [5, 5.41) is 6.80. The zero-order chi connectivity index (χ0) is 20.5. The van der Waals surface area contributed by atoms with Crippen molar-refractivity contribution in [2.45, 2.75) is 64.5 Å². The maximum Gasteiger partial charge on any atom is 0.338 e. The minimum Gasteiger partial charge on any atom is -0.432 e. The van der Waals surface area contributed by atoms with Crippen LogP contribution in [-0.2, 0) is 19.1 Å². The second-order valence-electron chi connectivity index (χ2n) is 8.99. The molecule has 3 aliphatic rings. The van der Waals surface area contributed by atoms with E-state index in [1.54, 1.807) is 13.8 Å². The highest BCUT2D eigenvalue weighted by Gasteiger charge is 2.50. The number of amides is 1. The third-order valence-corrected chi connectivity index (χ3v) is 5.66. The third-order valence-electron chi connectivity index (χ3n) is 5.66. The number of dihydropyridines is 1. The van der Waals surface area contributed by atoms with Gasteiger partial charge in [0.05, 0.1) is 17.5 Å². The molecule has 156 valence electrons. The smallest absolute Gasteiger partial charge is 0.338 e. The van der Waals surface area contributed by atoms with E-state index < -0.39 is 23.8 Å². The van der Waals surface area contributed by atoms with Gasteiger partial charge in [0, 0.05) is 33.5 Å². The Morgan fingerprint density at radius 3 is 2.64 bits per heavy atom. The van der Waals surface area contributed by atoms with E-state index in [0.29, 0.717) is 19.5 Å². The maximum absolute atomic E-state index is 13.7. The summed E-state index contributed by atoms with van der Waals surface area (Å²) in [6, 6.07) is -0.0740. The van der Waals surface area contributed by atoms with Gasteiger partial charge < -0.3 is 25.0 Å². The monoisotopic (exact) mass is 391 g/mol. The van der Waals surface area contributed by atoms with Gasteiger partial charge in [-0.25, -0.2) is 4.79 Å². The topological polar surface area (TPSA) is 79.9 Å². The summed E-state index contributed by atoms with van der Waals surface area (Å²) in [5.41, 5.74) is -0.378. The second kappa shape index (κ2) is 7.87. The summed E-state index contributed by atoms with van der Waals surface area (Å²) in [6.45, 7) is 11.6. The Kier molecular flexibility index (Phi) is 5.87. The lowest BCUT2D eigenvalue weighted by atomic mass is 9.85. The number of nitrogens with zero attached hydrogens (tertiary/aromatic N) is 1. The van der Waals surface area contributed by atoms with E-state index in [-0.39, 0.29) is 23.4 Å². The number of cyclic esters (lactones) is 1. The van der Waals surface area contributed by atoms with Crippen molar-refractivity contribution in [2.75, 3.05) is 19.6 Å². The van der Waals surface area contributed by atoms with Crippen molar-refractivity contribution < 1.29 is 19.1 Å². The van der Waals surface area contributed by atoms with Gasteiger partial charge in [-0.15, -0.1) is 0 Å². The highest BCUT2D eigenvalue weighted by molar-refractivity contribution is 5.88. The molecule has 7 nitrogen and oxygen atoms in total. The number of allylic oxidation sites excluding steroid dienone is 2. The average Bonchev–Trinajstić information content (AvgIpc) is 2.92. The fourth-order valence-corrected chi connectivity index (χ4v) is 4.30. The van der Waals surface area contributed by atoms with Crippen LogP contribution in [0, 0.1) is 11.8 Å². The van der Waals surface area contributed by atoms with Crippen LogP contribution in [0.1, 0.15) is 41.0 Å². The summed E-state index contributed by atoms with van der Waals surface area (Å²) < 4.78 is 11.2. The van der Waals surface area contributed by atoms with Crippen molar-refractivity contribution in [3.8, 4) is 0 Å².